The van der Waals surface area contributed by atoms with E-state index in [1.165, 1.54) is 12.1 Å². The molecule has 5 rings (SSSR count). The molecule has 1 saturated heterocycles. The van der Waals surface area contributed by atoms with Crippen LogP contribution in [0.2, 0.25) is 0 Å². The Labute approximate surface area is 299 Å². The van der Waals surface area contributed by atoms with E-state index < -0.39 is 35.6 Å². The Morgan fingerprint density at radius 3 is 2.31 bits per heavy atom. The van der Waals surface area contributed by atoms with Gasteiger partial charge in [-0.1, -0.05) is 51.7 Å². The molecule has 3 heterocycles. The highest BCUT2D eigenvalue weighted by molar-refractivity contribution is 6.00. The third-order valence-electron chi connectivity index (χ3n) is 10.2. The van der Waals surface area contributed by atoms with Gasteiger partial charge in [-0.2, -0.15) is 5.10 Å². The molecule has 3 N–H and O–H groups in total. The minimum atomic E-state index is -0.897. The van der Waals surface area contributed by atoms with Crippen molar-refractivity contribution in [1.29, 1.82) is 0 Å². The highest BCUT2D eigenvalue weighted by Crippen LogP contribution is 2.29. The van der Waals surface area contributed by atoms with Crippen LogP contribution in [0.3, 0.4) is 0 Å². The van der Waals surface area contributed by atoms with E-state index in [1.807, 2.05) is 25.1 Å². The Hall–Kier alpha value is -4.65. The molecule has 0 radical (unpaired) electrons. The van der Waals surface area contributed by atoms with Crippen molar-refractivity contribution in [3.05, 3.63) is 77.6 Å². The Balaban J connectivity index is 1.28. The molecule has 1 saturated carbocycles. The molecule has 1 unspecified atom stereocenters. The fraction of sp³-hybridized carbons (Fsp3) is 0.526. The predicted octanol–water partition coefficient (Wildman–Crippen LogP) is 4.49. The van der Waals surface area contributed by atoms with Crippen LogP contribution < -0.4 is 16.0 Å². The average molecular weight is 703 g/mol. The van der Waals surface area contributed by atoms with Crippen LogP contribution in [0.15, 0.2) is 54.9 Å². The van der Waals surface area contributed by atoms with Crippen LogP contribution >= 0.6 is 0 Å². The zero-order chi connectivity index (χ0) is 36.3. The van der Waals surface area contributed by atoms with E-state index in [4.69, 9.17) is 0 Å². The van der Waals surface area contributed by atoms with Gasteiger partial charge in [-0.15, -0.1) is 0 Å². The number of aryl methyl sites for hydroxylation is 1. The third-order valence-corrected chi connectivity index (χ3v) is 10.2. The number of benzene rings is 1. The van der Waals surface area contributed by atoms with Crippen molar-refractivity contribution in [2.75, 3.05) is 31.5 Å². The SMILES string of the molecule is CCC(=O)N[C@@H](C(=O)N1CCN(Cc2ccccn2)CC1)[C@@H](C)c1ccc(NC(=O)C(NC(=O)c2ccnn2CC)C2CCCCCC2)c(F)c1. The maximum absolute atomic E-state index is 15.8. The lowest BCUT2D eigenvalue weighted by Gasteiger charge is -2.37. The van der Waals surface area contributed by atoms with E-state index in [2.05, 4.69) is 30.9 Å². The molecule has 13 heteroatoms. The maximum Gasteiger partial charge on any atom is 0.270 e. The maximum atomic E-state index is 15.8. The van der Waals surface area contributed by atoms with Gasteiger partial charge in [0.1, 0.15) is 23.6 Å². The van der Waals surface area contributed by atoms with Gasteiger partial charge < -0.3 is 20.9 Å². The van der Waals surface area contributed by atoms with E-state index in [0.717, 1.165) is 44.2 Å². The molecule has 274 valence electrons. The minimum Gasteiger partial charge on any atom is -0.344 e. The number of amides is 4. The number of halogens is 1. The zero-order valence-corrected chi connectivity index (χ0v) is 29.9. The average Bonchev–Trinajstić information content (AvgIpc) is 3.48. The topological polar surface area (TPSA) is 142 Å². The van der Waals surface area contributed by atoms with E-state index in [1.54, 1.807) is 48.0 Å². The van der Waals surface area contributed by atoms with Gasteiger partial charge in [0.2, 0.25) is 17.7 Å². The van der Waals surface area contributed by atoms with Crippen LogP contribution in [0, 0.1) is 11.7 Å². The summed E-state index contributed by atoms with van der Waals surface area (Å²) in [5, 5.41) is 12.7. The molecule has 1 aliphatic heterocycles. The lowest BCUT2D eigenvalue weighted by atomic mass is 9.90. The molecule has 1 aliphatic carbocycles. The summed E-state index contributed by atoms with van der Waals surface area (Å²) in [6.07, 6.45) is 9.12. The number of hydrogen-bond acceptors (Lipinski definition) is 7. The van der Waals surface area contributed by atoms with E-state index >= 15 is 4.39 Å². The Bertz CT molecular complexity index is 1630. The van der Waals surface area contributed by atoms with Gasteiger partial charge in [0.25, 0.3) is 5.91 Å². The molecule has 2 aromatic heterocycles. The summed E-state index contributed by atoms with van der Waals surface area (Å²) < 4.78 is 17.4. The lowest BCUT2D eigenvalue weighted by Crippen LogP contribution is -2.56. The van der Waals surface area contributed by atoms with Crippen molar-refractivity contribution in [3.63, 3.8) is 0 Å². The quantitative estimate of drug-likeness (QED) is 0.223. The minimum absolute atomic E-state index is 0.0214. The molecule has 3 atom stereocenters. The number of hydrogen-bond donors (Lipinski definition) is 3. The molecule has 0 bridgehead atoms. The van der Waals surface area contributed by atoms with Crippen molar-refractivity contribution in [1.82, 2.24) is 35.2 Å². The van der Waals surface area contributed by atoms with Crippen LogP contribution in [0.25, 0.3) is 0 Å². The summed E-state index contributed by atoms with van der Waals surface area (Å²) >= 11 is 0. The number of aromatic nitrogens is 3. The first-order valence-electron chi connectivity index (χ1n) is 18.3. The summed E-state index contributed by atoms with van der Waals surface area (Å²) in [4.78, 5) is 62.0. The number of nitrogens with zero attached hydrogens (tertiary/aromatic N) is 5. The van der Waals surface area contributed by atoms with Crippen molar-refractivity contribution < 1.29 is 23.6 Å². The monoisotopic (exact) mass is 702 g/mol. The highest BCUT2D eigenvalue weighted by atomic mass is 19.1. The smallest absolute Gasteiger partial charge is 0.270 e. The second-order valence-electron chi connectivity index (χ2n) is 13.6. The largest absolute Gasteiger partial charge is 0.344 e. The van der Waals surface area contributed by atoms with Gasteiger partial charge in [-0.3, -0.25) is 33.7 Å². The van der Waals surface area contributed by atoms with Crippen molar-refractivity contribution in [2.24, 2.45) is 5.92 Å². The predicted molar refractivity (Wildman–Crippen MR) is 192 cm³/mol. The molecule has 0 spiro atoms. The van der Waals surface area contributed by atoms with Crippen LogP contribution in [0.4, 0.5) is 10.1 Å². The Morgan fingerprint density at radius 2 is 1.67 bits per heavy atom. The lowest BCUT2D eigenvalue weighted by molar-refractivity contribution is -0.138. The van der Waals surface area contributed by atoms with Gasteiger partial charge in [0.05, 0.1) is 11.4 Å². The molecule has 3 aromatic rings. The summed E-state index contributed by atoms with van der Waals surface area (Å²) in [6, 6.07) is 10.1. The first-order valence-corrected chi connectivity index (χ1v) is 18.3. The highest BCUT2D eigenvalue weighted by Gasteiger charge is 2.35. The summed E-state index contributed by atoms with van der Waals surface area (Å²) in [7, 11) is 0. The van der Waals surface area contributed by atoms with E-state index in [0.29, 0.717) is 50.5 Å². The summed E-state index contributed by atoms with van der Waals surface area (Å²) in [6.45, 7) is 8.91. The second kappa shape index (κ2) is 18.0. The normalized spacial score (nSPS) is 17.5. The van der Waals surface area contributed by atoms with Crippen molar-refractivity contribution >= 4 is 29.3 Å². The van der Waals surface area contributed by atoms with Gasteiger partial charge in [-0.25, -0.2) is 4.39 Å². The molecule has 12 nitrogen and oxygen atoms in total. The van der Waals surface area contributed by atoms with E-state index in [-0.39, 0.29) is 29.8 Å². The fourth-order valence-electron chi connectivity index (χ4n) is 7.07. The van der Waals surface area contributed by atoms with Crippen molar-refractivity contribution in [3.8, 4) is 0 Å². The number of carbonyl (C=O) groups excluding carboxylic acids is 4. The number of pyridine rings is 1. The first kappa shape index (κ1) is 37.6. The molecular formula is C38H51FN8O4. The number of anilines is 1. The van der Waals surface area contributed by atoms with Gasteiger partial charge >= 0.3 is 0 Å². The van der Waals surface area contributed by atoms with E-state index in [9.17, 15) is 19.2 Å². The van der Waals surface area contributed by atoms with Crippen LogP contribution in [-0.4, -0.2) is 86.5 Å². The second-order valence-corrected chi connectivity index (χ2v) is 13.6. The summed E-state index contributed by atoms with van der Waals surface area (Å²) in [5.41, 5.74) is 1.81. The number of rotatable bonds is 13. The first-order chi connectivity index (χ1) is 24.7. The molecule has 2 aliphatic rings. The number of piperazine rings is 1. The Kier molecular flexibility index (Phi) is 13.3. The Morgan fingerprint density at radius 1 is 0.922 bits per heavy atom. The third kappa shape index (κ3) is 9.78. The van der Waals surface area contributed by atoms with Crippen LogP contribution in [0.1, 0.15) is 93.4 Å². The molecule has 2 fully saturated rings. The number of nitrogens with one attached hydrogen (secondary N) is 3. The summed E-state index contributed by atoms with van der Waals surface area (Å²) in [5.74, 6) is -2.69. The van der Waals surface area contributed by atoms with Crippen molar-refractivity contribution in [2.45, 2.75) is 96.8 Å². The molecule has 1 aromatic carbocycles. The molecule has 51 heavy (non-hydrogen) atoms. The molecular weight excluding hydrogens is 651 g/mol. The van der Waals surface area contributed by atoms with Gasteiger partial charge in [0.15, 0.2) is 0 Å². The zero-order valence-electron chi connectivity index (χ0n) is 29.9. The fourth-order valence-corrected chi connectivity index (χ4v) is 7.07. The van der Waals surface area contributed by atoms with Crippen LogP contribution in [-0.2, 0) is 27.5 Å². The van der Waals surface area contributed by atoms with Crippen LogP contribution in [0.5, 0.6) is 0 Å². The standard InChI is InChI=1S/C38H51FN8O4/c1-4-33(48)43-34(38(51)46-22-20-45(21-23-46)25-29-14-10-11-18-40-29)26(3)28-15-16-31(30(39)24-28)42-37(50)35(27-12-8-6-7-9-13-27)44-36(49)32-17-19-41-47(32)5-2/h10-11,14-19,24,26-27,34-35H,4-9,12-13,20-23,25H2,1-3H3,(H,42,50)(H,43,48)(H,44,49)/t26-,34+,35?/m0/s1. The molecule has 4 amide bonds. The number of carbonyl (C=O) groups is 4. The van der Waals surface area contributed by atoms with Gasteiger partial charge in [0, 0.05) is 64.0 Å². The van der Waals surface area contributed by atoms with Gasteiger partial charge in [-0.05, 0) is 61.6 Å².